The largest absolute Gasteiger partial charge is 0.398 e. The van der Waals surface area contributed by atoms with Crippen molar-refractivity contribution in [2.24, 2.45) is 7.05 Å². The molecule has 8 heteroatoms. The quantitative estimate of drug-likeness (QED) is 0.742. The third-order valence-corrected chi connectivity index (χ3v) is 4.11. The monoisotopic (exact) mass is 354 g/mol. The van der Waals surface area contributed by atoms with Gasteiger partial charge < -0.3 is 15.8 Å². The van der Waals surface area contributed by atoms with Crippen LogP contribution in [0.15, 0.2) is 24.5 Å². The molecular weight excluding hydrogens is 332 g/mol. The molecule has 0 aliphatic carbocycles. The van der Waals surface area contributed by atoms with E-state index >= 15 is 0 Å². The van der Waals surface area contributed by atoms with Crippen molar-refractivity contribution in [3.8, 4) is 11.8 Å². The van der Waals surface area contributed by atoms with E-state index in [9.17, 15) is 4.79 Å². The van der Waals surface area contributed by atoms with Gasteiger partial charge in [-0.25, -0.2) is 0 Å². The maximum Gasteiger partial charge on any atom is 0.271 e. The molecule has 2 aromatic rings. The predicted molar refractivity (Wildman–Crippen MR) is 97.4 cm³/mol. The molecule has 26 heavy (non-hydrogen) atoms. The Morgan fingerprint density at radius 3 is 2.96 bits per heavy atom. The highest BCUT2D eigenvalue weighted by atomic mass is 16.5. The van der Waals surface area contributed by atoms with E-state index in [1.54, 1.807) is 36.3 Å². The van der Waals surface area contributed by atoms with Gasteiger partial charge in [0.05, 0.1) is 24.5 Å². The highest BCUT2D eigenvalue weighted by molar-refractivity contribution is 5.92. The van der Waals surface area contributed by atoms with Gasteiger partial charge in [-0.3, -0.25) is 19.4 Å². The van der Waals surface area contributed by atoms with Gasteiger partial charge in [0.25, 0.3) is 5.91 Å². The fourth-order valence-electron chi connectivity index (χ4n) is 2.58. The zero-order chi connectivity index (χ0) is 18.4. The first-order valence-electron chi connectivity index (χ1n) is 8.47. The van der Waals surface area contributed by atoms with E-state index in [0.29, 0.717) is 29.2 Å². The van der Waals surface area contributed by atoms with E-state index in [0.717, 1.165) is 32.8 Å². The molecule has 1 aliphatic heterocycles. The number of rotatable bonds is 4. The molecule has 0 aromatic carbocycles. The van der Waals surface area contributed by atoms with Gasteiger partial charge in [0.15, 0.2) is 5.69 Å². The van der Waals surface area contributed by atoms with Crippen LogP contribution in [0.25, 0.3) is 0 Å². The maximum absolute atomic E-state index is 12.3. The fraction of sp³-hybridized carbons (Fsp3) is 0.389. The van der Waals surface area contributed by atoms with Crippen LogP contribution in [-0.4, -0.2) is 65.0 Å². The molecule has 0 spiro atoms. The lowest BCUT2D eigenvalue weighted by Gasteiger charge is -2.26. The second-order valence-electron chi connectivity index (χ2n) is 5.96. The normalized spacial score (nSPS) is 14.5. The number of nitrogens with zero attached hydrogens (tertiary/aromatic N) is 4. The molecule has 3 rings (SSSR count). The summed E-state index contributed by atoms with van der Waals surface area (Å²) < 4.78 is 6.89. The summed E-state index contributed by atoms with van der Waals surface area (Å²) in [6.07, 6.45) is 3.22. The molecule has 3 heterocycles. The van der Waals surface area contributed by atoms with Gasteiger partial charge in [0.2, 0.25) is 0 Å². The number of hydrogen-bond acceptors (Lipinski definition) is 6. The van der Waals surface area contributed by atoms with Gasteiger partial charge >= 0.3 is 0 Å². The number of aromatic nitrogens is 3. The highest BCUT2D eigenvalue weighted by Gasteiger charge is 2.13. The molecule has 1 fully saturated rings. The summed E-state index contributed by atoms with van der Waals surface area (Å²) in [4.78, 5) is 18.5. The van der Waals surface area contributed by atoms with Crippen LogP contribution in [-0.2, 0) is 11.8 Å². The topological polar surface area (TPSA) is 98.3 Å². The Balaban J connectivity index is 1.59. The Kier molecular flexibility index (Phi) is 5.84. The number of anilines is 1. The highest BCUT2D eigenvalue weighted by Crippen LogP contribution is 2.07. The fourth-order valence-corrected chi connectivity index (χ4v) is 2.58. The van der Waals surface area contributed by atoms with E-state index in [1.165, 1.54) is 0 Å². The van der Waals surface area contributed by atoms with Crippen LogP contribution in [0.2, 0.25) is 0 Å². The number of nitrogens with one attached hydrogen (secondary N) is 1. The van der Waals surface area contributed by atoms with Gasteiger partial charge in [-0.1, -0.05) is 5.92 Å². The molecule has 0 radical (unpaired) electrons. The van der Waals surface area contributed by atoms with E-state index in [2.05, 4.69) is 32.1 Å². The molecule has 0 atom stereocenters. The van der Waals surface area contributed by atoms with E-state index in [-0.39, 0.29) is 5.91 Å². The maximum atomic E-state index is 12.3. The number of nitrogen functional groups attached to an aromatic ring is 1. The van der Waals surface area contributed by atoms with E-state index in [1.807, 2.05) is 0 Å². The number of aryl methyl sites for hydroxylation is 1. The van der Waals surface area contributed by atoms with Crippen molar-refractivity contribution in [1.82, 2.24) is 25.0 Å². The molecule has 1 aliphatic rings. The molecule has 0 saturated carbocycles. The third-order valence-electron chi connectivity index (χ3n) is 4.11. The first-order chi connectivity index (χ1) is 12.6. The summed E-state index contributed by atoms with van der Waals surface area (Å²) in [7, 11) is 1.75. The molecule has 1 amide bonds. The van der Waals surface area contributed by atoms with Crippen molar-refractivity contribution in [2.75, 3.05) is 45.1 Å². The number of carbonyl (C=O) groups is 1. The number of carbonyl (C=O) groups excluding carboxylic acids is 1. The Hall–Kier alpha value is -2.89. The lowest BCUT2D eigenvalue weighted by atomic mass is 10.2. The molecule has 8 nitrogen and oxygen atoms in total. The minimum atomic E-state index is -0.206. The Labute approximate surface area is 152 Å². The first-order valence-corrected chi connectivity index (χ1v) is 8.47. The van der Waals surface area contributed by atoms with Gasteiger partial charge in [0.1, 0.15) is 5.69 Å². The van der Waals surface area contributed by atoms with Crippen LogP contribution in [0.4, 0.5) is 5.69 Å². The minimum Gasteiger partial charge on any atom is -0.398 e. The zero-order valence-electron chi connectivity index (χ0n) is 14.7. The summed E-state index contributed by atoms with van der Waals surface area (Å²) in [6.45, 7) is 4.67. The Morgan fingerprint density at radius 2 is 2.19 bits per heavy atom. The number of hydrogen-bond donors (Lipinski definition) is 2. The van der Waals surface area contributed by atoms with Crippen molar-refractivity contribution in [3.63, 3.8) is 0 Å². The van der Waals surface area contributed by atoms with Crippen LogP contribution in [0.3, 0.4) is 0 Å². The molecule has 0 unspecified atom stereocenters. The van der Waals surface area contributed by atoms with Crippen LogP contribution in [0.5, 0.6) is 0 Å². The SMILES string of the molecule is Cn1nc(C(=O)NCCN2CCOCC2)cc1C#Cc1cnccc1N. The summed E-state index contributed by atoms with van der Waals surface area (Å²) in [5.74, 6) is 5.74. The molecular formula is C18H22N6O2. The second-order valence-corrected chi connectivity index (χ2v) is 5.96. The summed E-state index contributed by atoms with van der Waals surface area (Å²) in [5, 5.41) is 7.13. The number of ether oxygens (including phenoxy) is 1. The van der Waals surface area contributed by atoms with Crippen LogP contribution in [0.1, 0.15) is 21.7 Å². The van der Waals surface area contributed by atoms with Crippen LogP contribution in [0, 0.1) is 11.8 Å². The third kappa shape index (κ3) is 4.59. The first kappa shape index (κ1) is 17.9. The minimum absolute atomic E-state index is 0.206. The van der Waals surface area contributed by atoms with Crippen LogP contribution >= 0.6 is 0 Å². The predicted octanol–water partition coefficient (Wildman–Crippen LogP) is -0.141. The van der Waals surface area contributed by atoms with Gasteiger partial charge in [-0.15, -0.1) is 0 Å². The summed E-state index contributed by atoms with van der Waals surface area (Å²) in [5.41, 5.74) is 8.04. The number of nitrogens with two attached hydrogens (primary N) is 1. The lowest BCUT2D eigenvalue weighted by Crippen LogP contribution is -2.41. The van der Waals surface area contributed by atoms with Crippen molar-refractivity contribution in [2.45, 2.75) is 0 Å². The summed E-state index contributed by atoms with van der Waals surface area (Å²) in [6, 6.07) is 3.37. The Bertz CT molecular complexity index is 830. The number of pyridine rings is 1. The van der Waals surface area contributed by atoms with E-state index in [4.69, 9.17) is 10.5 Å². The smallest absolute Gasteiger partial charge is 0.271 e. The summed E-state index contributed by atoms with van der Waals surface area (Å²) >= 11 is 0. The van der Waals surface area contributed by atoms with Gasteiger partial charge in [-0.2, -0.15) is 5.10 Å². The van der Waals surface area contributed by atoms with E-state index < -0.39 is 0 Å². The zero-order valence-corrected chi connectivity index (χ0v) is 14.7. The van der Waals surface area contributed by atoms with Crippen molar-refractivity contribution in [1.29, 1.82) is 0 Å². The van der Waals surface area contributed by atoms with Crippen molar-refractivity contribution >= 4 is 11.6 Å². The van der Waals surface area contributed by atoms with Gasteiger partial charge in [-0.05, 0) is 12.0 Å². The molecule has 1 saturated heterocycles. The average Bonchev–Trinajstić information content (AvgIpc) is 3.03. The molecule has 0 bridgehead atoms. The average molecular weight is 354 g/mol. The van der Waals surface area contributed by atoms with Gasteiger partial charge in [0, 0.05) is 51.7 Å². The number of morpholine rings is 1. The van der Waals surface area contributed by atoms with Crippen molar-refractivity contribution < 1.29 is 9.53 Å². The molecule has 2 aromatic heterocycles. The standard InChI is InChI=1S/C18H22N6O2/c1-23-15(3-2-14-13-20-5-4-16(14)19)12-17(22-23)18(25)21-6-7-24-8-10-26-11-9-24/h4-5,12-13H,6-11H2,1H3,(H2,19,20)(H,21,25). The Morgan fingerprint density at radius 1 is 1.38 bits per heavy atom. The molecule has 136 valence electrons. The second kappa shape index (κ2) is 8.47. The van der Waals surface area contributed by atoms with Crippen LogP contribution < -0.4 is 11.1 Å². The molecule has 3 N–H and O–H groups in total. The number of amides is 1. The van der Waals surface area contributed by atoms with Crippen molar-refractivity contribution in [3.05, 3.63) is 41.5 Å². The lowest BCUT2D eigenvalue weighted by molar-refractivity contribution is 0.0383.